The van der Waals surface area contributed by atoms with Crippen LogP contribution in [0.2, 0.25) is 5.02 Å². The zero-order chi connectivity index (χ0) is 20.8. The van der Waals surface area contributed by atoms with Gasteiger partial charge in [0.2, 0.25) is 5.78 Å². The van der Waals surface area contributed by atoms with Crippen LogP contribution in [-0.4, -0.2) is 29.1 Å². The highest BCUT2D eigenvalue weighted by Crippen LogP contribution is 2.27. The molecule has 0 radical (unpaired) electrons. The number of anilines is 1. The normalized spacial score (nSPS) is 11.1. The fourth-order valence-corrected chi connectivity index (χ4v) is 3.51. The molecule has 1 amide bonds. The van der Waals surface area contributed by atoms with E-state index in [1.54, 1.807) is 6.07 Å². The van der Waals surface area contributed by atoms with Crippen molar-refractivity contribution in [3.63, 3.8) is 0 Å². The maximum absolute atomic E-state index is 12.4. The summed E-state index contributed by atoms with van der Waals surface area (Å²) in [5.41, 5.74) is 4.96. The number of hydrogen-bond acceptors (Lipinski definition) is 4. The second-order valence-corrected chi connectivity index (χ2v) is 7.20. The van der Waals surface area contributed by atoms with E-state index in [-0.39, 0.29) is 12.4 Å². The van der Waals surface area contributed by atoms with Crippen LogP contribution in [0.4, 0.5) is 5.69 Å². The number of amides is 1. The molecule has 0 atom stereocenters. The third-order valence-electron chi connectivity index (χ3n) is 4.44. The van der Waals surface area contributed by atoms with Crippen molar-refractivity contribution in [3.05, 3.63) is 51.3 Å². The molecular formula is C21H26ClN3O3. The summed E-state index contributed by atoms with van der Waals surface area (Å²) < 4.78 is 2.11. The molecule has 0 fully saturated rings. The van der Waals surface area contributed by atoms with Gasteiger partial charge >= 0.3 is 0 Å². The summed E-state index contributed by atoms with van der Waals surface area (Å²) in [5, 5.41) is 6.72. The van der Waals surface area contributed by atoms with E-state index in [9.17, 15) is 9.59 Å². The topological polar surface area (TPSA) is 72.7 Å². The molecule has 0 aliphatic rings. The Morgan fingerprint density at radius 2 is 1.93 bits per heavy atom. The lowest BCUT2D eigenvalue weighted by Gasteiger charge is -2.09. The molecule has 0 saturated carbocycles. The van der Waals surface area contributed by atoms with Crippen molar-refractivity contribution in [2.45, 2.75) is 47.6 Å². The quantitative estimate of drug-likeness (QED) is 0.397. The average molecular weight is 404 g/mol. The number of hydrogen-bond donors (Lipinski definition) is 1. The van der Waals surface area contributed by atoms with Crippen LogP contribution in [-0.2, 0) is 16.2 Å². The van der Waals surface area contributed by atoms with Gasteiger partial charge in [-0.1, -0.05) is 29.7 Å². The molecule has 2 rings (SSSR count). The Balaban J connectivity index is 1.93. The van der Waals surface area contributed by atoms with Crippen LogP contribution in [0, 0.1) is 27.7 Å². The third-order valence-corrected chi connectivity index (χ3v) is 4.74. The van der Waals surface area contributed by atoms with Gasteiger partial charge < -0.3 is 14.7 Å². The molecule has 0 aliphatic carbocycles. The van der Waals surface area contributed by atoms with Gasteiger partial charge in [0.15, 0.2) is 6.61 Å². The third kappa shape index (κ3) is 5.23. The van der Waals surface area contributed by atoms with Gasteiger partial charge in [-0.15, -0.1) is 0 Å². The number of oxime groups is 1. The summed E-state index contributed by atoms with van der Waals surface area (Å²) >= 11 is 6.16. The number of aromatic nitrogens is 1. The Hall–Kier alpha value is -2.60. The van der Waals surface area contributed by atoms with E-state index in [1.165, 1.54) is 0 Å². The van der Waals surface area contributed by atoms with Crippen molar-refractivity contribution in [2.75, 3.05) is 11.9 Å². The molecule has 1 heterocycles. The molecule has 7 heteroatoms. The van der Waals surface area contributed by atoms with Gasteiger partial charge in [0.05, 0.1) is 10.7 Å². The Kier molecular flexibility index (Phi) is 7.40. The number of carbonyl (C=O) groups excluding carboxylic acids is 2. The van der Waals surface area contributed by atoms with Crippen LogP contribution >= 0.6 is 11.6 Å². The summed E-state index contributed by atoms with van der Waals surface area (Å²) in [4.78, 5) is 29.4. The molecular weight excluding hydrogens is 378 g/mol. The summed E-state index contributed by atoms with van der Waals surface area (Å²) in [6.07, 6.45) is 1.98. The summed E-state index contributed by atoms with van der Waals surface area (Å²) in [7, 11) is 0. The number of Topliss-reactive ketones (excluding diaryl/α,β-unsaturated/α-hetero) is 1. The molecule has 0 unspecified atom stereocenters. The molecule has 150 valence electrons. The number of nitrogens with zero attached hydrogens (tertiary/aromatic N) is 2. The van der Waals surface area contributed by atoms with Gasteiger partial charge in [0.25, 0.3) is 5.91 Å². The SMILES string of the molecule is CCCn1c(C)cc(C(=O)CO/N=C\C(=O)Nc2c(C)cc(C)cc2Cl)c1C. The highest BCUT2D eigenvalue weighted by molar-refractivity contribution is 6.37. The molecule has 1 N–H and O–H groups in total. The maximum atomic E-state index is 12.4. The zero-order valence-corrected chi connectivity index (χ0v) is 17.7. The Morgan fingerprint density at radius 1 is 1.21 bits per heavy atom. The smallest absolute Gasteiger partial charge is 0.270 e. The summed E-state index contributed by atoms with van der Waals surface area (Å²) in [5.74, 6) is -0.659. The van der Waals surface area contributed by atoms with Gasteiger partial charge in [0, 0.05) is 23.5 Å². The molecule has 1 aromatic heterocycles. The number of benzene rings is 1. The number of halogens is 1. The number of nitrogens with one attached hydrogen (secondary N) is 1. The Labute approximate surface area is 170 Å². The van der Waals surface area contributed by atoms with E-state index in [0.717, 1.165) is 41.7 Å². The van der Waals surface area contributed by atoms with Crippen molar-refractivity contribution >= 4 is 35.2 Å². The number of ketones is 1. The first-order valence-corrected chi connectivity index (χ1v) is 9.55. The van der Waals surface area contributed by atoms with Crippen LogP contribution < -0.4 is 5.32 Å². The lowest BCUT2D eigenvalue weighted by Crippen LogP contribution is -2.15. The number of carbonyl (C=O) groups is 2. The van der Waals surface area contributed by atoms with E-state index in [1.807, 2.05) is 39.8 Å². The number of aryl methyl sites for hydroxylation is 3. The average Bonchev–Trinajstić information content (AvgIpc) is 2.90. The predicted octanol–water partition coefficient (Wildman–Crippen LogP) is 4.61. The minimum atomic E-state index is -0.484. The van der Waals surface area contributed by atoms with Gasteiger partial charge in [-0.05, 0) is 57.4 Å². The molecule has 0 saturated heterocycles. The molecule has 0 aliphatic heterocycles. The minimum Gasteiger partial charge on any atom is -0.387 e. The van der Waals surface area contributed by atoms with E-state index < -0.39 is 5.91 Å². The first kappa shape index (κ1) is 21.7. The van der Waals surface area contributed by atoms with Crippen molar-refractivity contribution in [1.82, 2.24) is 4.57 Å². The highest BCUT2D eigenvalue weighted by atomic mass is 35.5. The molecule has 28 heavy (non-hydrogen) atoms. The molecule has 0 spiro atoms. The maximum Gasteiger partial charge on any atom is 0.270 e. The zero-order valence-electron chi connectivity index (χ0n) is 16.9. The lowest BCUT2D eigenvalue weighted by molar-refractivity contribution is -0.110. The van der Waals surface area contributed by atoms with Crippen LogP contribution in [0.15, 0.2) is 23.4 Å². The fourth-order valence-electron chi connectivity index (χ4n) is 3.14. The first-order chi connectivity index (χ1) is 13.2. The Bertz CT molecular complexity index is 893. The summed E-state index contributed by atoms with van der Waals surface area (Å²) in [6.45, 7) is 10.4. The predicted molar refractivity (Wildman–Crippen MR) is 113 cm³/mol. The lowest BCUT2D eigenvalue weighted by atomic mass is 10.1. The van der Waals surface area contributed by atoms with Crippen LogP contribution in [0.5, 0.6) is 0 Å². The summed E-state index contributed by atoms with van der Waals surface area (Å²) in [6, 6.07) is 5.55. The molecule has 2 aromatic rings. The van der Waals surface area contributed by atoms with E-state index in [2.05, 4.69) is 22.0 Å². The monoisotopic (exact) mass is 403 g/mol. The Morgan fingerprint density at radius 3 is 2.57 bits per heavy atom. The van der Waals surface area contributed by atoms with Crippen LogP contribution in [0.1, 0.15) is 46.2 Å². The minimum absolute atomic E-state index is 0.176. The van der Waals surface area contributed by atoms with Crippen molar-refractivity contribution in [3.8, 4) is 0 Å². The second-order valence-electron chi connectivity index (χ2n) is 6.80. The van der Waals surface area contributed by atoms with Crippen LogP contribution in [0.25, 0.3) is 0 Å². The second kappa shape index (κ2) is 9.55. The van der Waals surface area contributed by atoms with Gasteiger partial charge in [-0.25, -0.2) is 0 Å². The van der Waals surface area contributed by atoms with Gasteiger partial charge in [0.1, 0.15) is 6.21 Å². The standard InChI is InChI=1S/C21H26ClN3O3/c1-6-7-25-15(4)10-17(16(25)5)19(26)12-28-23-11-20(27)24-21-14(3)8-13(2)9-18(21)22/h8-11H,6-7,12H2,1-5H3,(H,24,27)/b23-11-. The van der Waals surface area contributed by atoms with Crippen molar-refractivity contribution in [1.29, 1.82) is 0 Å². The van der Waals surface area contributed by atoms with E-state index in [4.69, 9.17) is 16.4 Å². The van der Waals surface area contributed by atoms with Gasteiger partial charge in [-0.3, -0.25) is 9.59 Å². The van der Waals surface area contributed by atoms with E-state index in [0.29, 0.717) is 16.3 Å². The number of rotatable bonds is 8. The van der Waals surface area contributed by atoms with Gasteiger partial charge in [-0.2, -0.15) is 0 Å². The fraction of sp³-hybridized carbons (Fsp3) is 0.381. The van der Waals surface area contributed by atoms with Crippen LogP contribution in [0.3, 0.4) is 0 Å². The highest BCUT2D eigenvalue weighted by Gasteiger charge is 2.16. The molecule has 1 aromatic carbocycles. The largest absolute Gasteiger partial charge is 0.387 e. The first-order valence-electron chi connectivity index (χ1n) is 9.17. The molecule has 6 nitrogen and oxygen atoms in total. The molecule has 0 bridgehead atoms. The van der Waals surface area contributed by atoms with E-state index >= 15 is 0 Å². The van der Waals surface area contributed by atoms with Crippen molar-refractivity contribution < 1.29 is 14.4 Å². The van der Waals surface area contributed by atoms with Crippen molar-refractivity contribution in [2.24, 2.45) is 5.16 Å².